The van der Waals surface area contributed by atoms with E-state index in [4.69, 9.17) is 27.9 Å². The Kier molecular flexibility index (Phi) is 3.22. The van der Waals surface area contributed by atoms with E-state index in [1.165, 1.54) is 6.07 Å². The molecule has 0 atom stereocenters. The van der Waals surface area contributed by atoms with Crippen molar-refractivity contribution in [3.8, 4) is 11.5 Å². The summed E-state index contributed by atoms with van der Waals surface area (Å²) in [5.41, 5.74) is 0.756. The molecule has 0 fully saturated rings. The molecule has 2 aromatic heterocycles. The first-order valence-corrected chi connectivity index (χ1v) is 5.20. The van der Waals surface area contributed by atoms with Crippen molar-refractivity contribution >= 4 is 23.2 Å². The Balaban J connectivity index is 2.34. The zero-order valence-corrected chi connectivity index (χ0v) is 9.83. The molecule has 0 saturated heterocycles. The molecule has 0 radical (unpaired) electrons. The Hall–Kier alpha value is -1.39. The number of hydrogen-bond donors (Lipinski definition) is 0. The molecule has 0 N–H and O–H groups in total. The van der Waals surface area contributed by atoms with E-state index in [0.717, 1.165) is 5.69 Å². The van der Waals surface area contributed by atoms with Gasteiger partial charge in [0.1, 0.15) is 5.75 Å². The molecule has 16 heavy (non-hydrogen) atoms. The molecule has 0 aromatic carbocycles. The van der Waals surface area contributed by atoms with Crippen LogP contribution in [0.25, 0.3) is 0 Å². The number of ether oxygens (including phenoxy) is 1. The summed E-state index contributed by atoms with van der Waals surface area (Å²) in [4.78, 5) is 4.09. The lowest BCUT2D eigenvalue weighted by Crippen LogP contribution is -1.93. The average molecular weight is 256 g/mol. The molecule has 0 bridgehead atoms. The van der Waals surface area contributed by atoms with Gasteiger partial charge in [0.25, 0.3) is 0 Å². The molecule has 0 aliphatic heterocycles. The van der Waals surface area contributed by atoms with Crippen LogP contribution in [0.5, 0.6) is 11.5 Å². The monoisotopic (exact) mass is 255 g/mol. The van der Waals surface area contributed by atoms with Gasteiger partial charge in [0, 0.05) is 12.3 Å². The summed E-state index contributed by atoms with van der Waals surface area (Å²) in [5, 5.41) is 7.62. The SMILES string of the molecule is Cc1ncccc1Oc1cc(Cl)nnc1Cl. The molecule has 2 rings (SSSR count). The molecule has 0 unspecified atom stereocenters. The van der Waals surface area contributed by atoms with Gasteiger partial charge in [0.2, 0.25) is 0 Å². The van der Waals surface area contributed by atoms with Crippen LogP contribution in [0.1, 0.15) is 5.69 Å². The highest BCUT2D eigenvalue weighted by atomic mass is 35.5. The quantitative estimate of drug-likeness (QED) is 0.827. The van der Waals surface area contributed by atoms with Crippen molar-refractivity contribution in [1.82, 2.24) is 15.2 Å². The van der Waals surface area contributed by atoms with Crippen molar-refractivity contribution < 1.29 is 4.74 Å². The molecule has 4 nitrogen and oxygen atoms in total. The second-order valence-electron chi connectivity index (χ2n) is 3.01. The first-order valence-electron chi connectivity index (χ1n) is 4.45. The first-order chi connectivity index (χ1) is 7.66. The smallest absolute Gasteiger partial charge is 0.194 e. The molecule has 6 heteroatoms. The van der Waals surface area contributed by atoms with Crippen molar-refractivity contribution in [2.45, 2.75) is 6.92 Å². The fraction of sp³-hybridized carbons (Fsp3) is 0.100. The number of halogens is 2. The Bertz CT molecular complexity index is 519. The van der Waals surface area contributed by atoms with Gasteiger partial charge in [-0.2, -0.15) is 0 Å². The Labute approximate surface area is 102 Å². The van der Waals surface area contributed by atoms with Crippen LogP contribution in [-0.2, 0) is 0 Å². The molecule has 82 valence electrons. The molecule has 2 heterocycles. The third-order valence-corrected chi connectivity index (χ3v) is 2.31. The van der Waals surface area contributed by atoms with Crippen molar-refractivity contribution in [2.75, 3.05) is 0 Å². The van der Waals surface area contributed by atoms with E-state index >= 15 is 0 Å². The number of aromatic nitrogens is 3. The maximum Gasteiger partial charge on any atom is 0.194 e. The summed E-state index contributed by atoms with van der Waals surface area (Å²) in [6.45, 7) is 1.83. The van der Waals surface area contributed by atoms with Gasteiger partial charge in [-0.15, -0.1) is 10.2 Å². The van der Waals surface area contributed by atoms with Crippen LogP contribution in [-0.4, -0.2) is 15.2 Å². The maximum atomic E-state index is 5.82. The summed E-state index contributed by atoms with van der Waals surface area (Å²) in [7, 11) is 0. The van der Waals surface area contributed by atoms with Crippen LogP contribution < -0.4 is 4.74 Å². The molecule has 2 aromatic rings. The number of aryl methyl sites for hydroxylation is 1. The highest BCUT2D eigenvalue weighted by Crippen LogP contribution is 2.29. The van der Waals surface area contributed by atoms with Crippen LogP contribution >= 0.6 is 23.2 Å². The van der Waals surface area contributed by atoms with E-state index in [0.29, 0.717) is 11.5 Å². The van der Waals surface area contributed by atoms with Crippen LogP contribution in [0, 0.1) is 6.92 Å². The van der Waals surface area contributed by atoms with Crippen LogP contribution in [0.15, 0.2) is 24.4 Å². The third-order valence-electron chi connectivity index (χ3n) is 1.87. The molecule has 0 amide bonds. The minimum atomic E-state index is 0.160. The summed E-state index contributed by atoms with van der Waals surface area (Å²) in [6.07, 6.45) is 1.68. The molecular weight excluding hydrogens is 249 g/mol. The average Bonchev–Trinajstić information content (AvgIpc) is 2.27. The van der Waals surface area contributed by atoms with Gasteiger partial charge in [0.15, 0.2) is 16.1 Å². The zero-order valence-electron chi connectivity index (χ0n) is 8.32. The Morgan fingerprint density at radius 3 is 2.75 bits per heavy atom. The highest BCUT2D eigenvalue weighted by molar-refractivity contribution is 6.32. The highest BCUT2D eigenvalue weighted by Gasteiger charge is 2.08. The summed E-state index contributed by atoms with van der Waals surface area (Å²) in [5.74, 6) is 0.964. The van der Waals surface area contributed by atoms with Crippen LogP contribution in [0.3, 0.4) is 0 Å². The first kappa shape index (κ1) is 11.1. The lowest BCUT2D eigenvalue weighted by atomic mass is 10.3. The number of hydrogen-bond acceptors (Lipinski definition) is 4. The van der Waals surface area contributed by atoms with Crippen LogP contribution in [0.2, 0.25) is 10.3 Å². The lowest BCUT2D eigenvalue weighted by Gasteiger charge is -2.07. The van der Waals surface area contributed by atoms with E-state index in [2.05, 4.69) is 15.2 Å². The molecule has 0 spiro atoms. The standard InChI is InChI=1S/C10H7Cl2N3O/c1-6-7(3-2-4-13-6)16-8-5-9(11)14-15-10(8)12/h2-5H,1H3. The largest absolute Gasteiger partial charge is 0.452 e. The van der Waals surface area contributed by atoms with E-state index in [9.17, 15) is 0 Å². The minimum absolute atomic E-state index is 0.160. The Morgan fingerprint density at radius 1 is 1.19 bits per heavy atom. The van der Waals surface area contributed by atoms with Gasteiger partial charge in [-0.1, -0.05) is 23.2 Å². The van der Waals surface area contributed by atoms with Crippen molar-refractivity contribution in [2.24, 2.45) is 0 Å². The minimum Gasteiger partial charge on any atom is -0.452 e. The topological polar surface area (TPSA) is 47.9 Å². The van der Waals surface area contributed by atoms with Gasteiger partial charge < -0.3 is 4.74 Å². The van der Waals surface area contributed by atoms with Gasteiger partial charge in [-0.05, 0) is 19.1 Å². The number of rotatable bonds is 2. The van der Waals surface area contributed by atoms with Gasteiger partial charge in [-0.25, -0.2) is 0 Å². The third kappa shape index (κ3) is 2.40. The summed E-state index contributed by atoms with van der Waals surface area (Å²) in [6, 6.07) is 5.06. The summed E-state index contributed by atoms with van der Waals surface area (Å²) < 4.78 is 5.54. The van der Waals surface area contributed by atoms with E-state index in [-0.39, 0.29) is 10.3 Å². The molecule has 0 aliphatic carbocycles. The van der Waals surface area contributed by atoms with Crippen molar-refractivity contribution in [1.29, 1.82) is 0 Å². The predicted octanol–water partition coefficient (Wildman–Crippen LogP) is 3.28. The summed E-state index contributed by atoms with van der Waals surface area (Å²) >= 11 is 11.5. The van der Waals surface area contributed by atoms with E-state index in [1.54, 1.807) is 18.3 Å². The molecule has 0 aliphatic rings. The van der Waals surface area contributed by atoms with Crippen molar-refractivity contribution in [3.63, 3.8) is 0 Å². The van der Waals surface area contributed by atoms with Gasteiger partial charge in [0.05, 0.1) is 5.69 Å². The number of pyridine rings is 1. The normalized spacial score (nSPS) is 10.2. The van der Waals surface area contributed by atoms with Crippen LogP contribution in [0.4, 0.5) is 0 Å². The van der Waals surface area contributed by atoms with E-state index < -0.39 is 0 Å². The maximum absolute atomic E-state index is 5.82. The Morgan fingerprint density at radius 2 is 2.00 bits per heavy atom. The number of nitrogens with zero attached hydrogens (tertiary/aromatic N) is 3. The lowest BCUT2D eigenvalue weighted by molar-refractivity contribution is 0.472. The zero-order chi connectivity index (χ0) is 11.5. The fourth-order valence-corrected chi connectivity index (χ4v) is 1.37. The molecule has 0 saturated carbocycles. The fourth-order valence-electron chi connectivity index (χ4n) is 1.10. The molecular formula is C10H7Cl2N3O. The van der Waals surface area contributed by atoms with E-state index in [1.807, 2.05) is 6.92 Å². The predicted molar refractivity (Wildman–Crippen MR) is 61.1 cm³/mol. The second-order valence-corrected chi connectivity index (χ2v) is 3.76. The van der Waals surface area contributed by atoms with Crippen molar-refractivity contribution in [3.05, 3.63) is 40.4 Å². The van der Waals surface area contributed by atoms with Gasteiger partial charge >= 0.3 is 0 Å². The second kappa shape index (κ2) is 4.63. The van der Waals surface area contributed by atoms with Gasteiger partial charge in [-0.3, -0.25) is 4.98 Å².